The van der Waals surface area contributed by atoms with Gasteiger partial charge in [0.2, 0.25) is 0 Å². The molecule has 416 valence electrons. The maximum Gasteiger partial charge on any atom is 0.120 e. The average molecular weight is 1250 g/mol. The Labute approximate surface area is 501 Å². The standard InChI is InChI=1S/C32H46Cl2Si3.C32H48Si3.CH4.2H2O.Zr/c1-30(2,3)23-37(9,31(33)21-25(22-36(6,7)8)27-15-11-13-17-29(27)31)32(34)26(18-19-35(4)5)20-24-14-10-12-16-28(24)32;1-32(2,3)23-35(9,30-21-26(22-34(6,7)8)27-15-12-13-17-29(27)30)31-25(18-19-33(4)5)20-24-14-10-11-16-28(24)31;;;;/h10-17,20-21,35H,18-19,22-23H2,1-9H3;10-17,20-21,30-31,33H,18-19,22-23H2,1-9H3;1H4;2*1H2;. The molecular formula is C65H102Cl2O2Si6Zr. The molecule has 0 bridgehead atoms. The Kier molecular flexibility index (Phi) is 23.3. The second-order valence-electron chi connectivity index (χ2n) is 29.0. The largest absolute Gasteiger partial charge is 0.412 e. The zero-order valence-corrected chi connectivity index (χ0v) is 60.0. The van der Waals surface area contributed by atoms with Crippen molar-refractivity contribution in [3.8, 4) is 0 Å². The molecule has 0 aromatic heterocycles. The average Bonchev–Trinajstić information content (AvgIpc) is 3.99. The molecule has 0 spiro atoms. The van der Waals surface area contributed by atoms with Crippen LogP contribution in [-0.2, 0) is 35.2 Å². The summed E-state index contributed by atoms with van der Waals surface area (Å²) >= 11 is 16.5. The molecule has 0 saturated carbocycles. The van der Waals surface area contributed by atoms with Gasteiger partial charge in [-0.1, -0.05) is 273 Å². The molecule has 0 radical (unpaired) electrons. The van der Waals surface area contributed by atoms with Gasteiger partial charge in [-0.3, -0.25) is 0 Å². The second-order valence-corrected chi connectivity index (χ2v) is 57.6. The number of benzene rings is 4. The van der Waals surface area contributed by atoms with Crippen molar-refractivity contribution in [3.63, 3.8) is 0 Å². The van der Waals surface area contributed by atoms with Crippen LogP contribution in [0.15, 0.2) is 120 Å². The van der Waals surface area contributed by atoms with Gasteiger partial charge in [0.1, 0.15) is 8.07 Å². The molecular weight excluding hydrogens is 1140 g/mol. The minimum atomic E-state index is -2.60. The Morgan fingerprint density at radius 2 is 1.03 bits per heavy atom. The molecule has 0 amide bonds. The summed E-state index contributed by atoms with van der Waals surface area (Å²) in [4.78, 5) is 0. The summed E-state index contributed by atoms with van der Waals surface area (Å²) in [7, 11) is -8.40. The van der Waals surface area contributed by atoms with Gasteiger partial charge in [0.25, 0.3) is 0 Å². The number of alkyl halides is 2. The van der Waals surface area contributed by atoms with Crippen LogP contribution in [0.3, 0.4) is 0 Å². The van der Waals surface area contributed by atoms with Crippen LogP contribution in [0.2, 0.25) is 115 Å². The molecule has 0 saturated heterocycles. The van der Waals surface area contributed by atoms with Gasteiger partial charge < -0.3 is 11.0 Å². The van der Waals surface area contributed by atoms with Crippen molar-refractivity contribution in [1.29, 1.82) is 0 Å². The van der Waals surface area contributed by atoms with Crippen molar-refractivity contribution in [2.75, 3.05) is 0 Å². The fourth-order valence-corrected chi connectivity index (χ4v) is 33.6. The van der Waals surface area contributed by atoms with Crippen LogP contribution in [-0.4, -0.2) is 60.8 Å². The van der Waals surface area contributed by atoms with E-state index in [9.17, 15) is 0 Å². The molecule has 0 heterocycles. The first-order valence-electron chi connectivity index (χ1n) is 27.9. The van der Waals surface area contributed by atoms with E-state index in [1.54, 1.807) is 27.8 Å². The Balaban J connectivity index is 0.000000381. The monoisotopic (exact) mass is 1240 g/mol. The fourth-order valence-electron chi connectivity index (χ4n) is 14.0. The van der Waals surface area contributed by atoms with Crippen LogP contribution >= 0.6 is 23.2 Å². The maximum atomic E-state index is 8.28. The van der Waals surface area contributed by atoms with Gasteiger partial charge in [-0.25, -0.2) is 0 Å². The van der Waals surface area contributed by atoms with Crippen molar-refractivity contribution >= 4 is 96.4 Å². The smallest absolute Gasteiger partial charge is 0.120 e. The van der Waals surface area contributed by atoms with Crippen LogP contribution in [0.4, 0.5) is 0 Å². The number of allylic oxidation sites excluding steroid dienone is 6. The van der Waals surface area contributed by atoms with E-state index in [4.69, 9.17) is 23.2 Å². The van der Waals surface area contributed by atoms with E-state index in [1.807, 2.05) is 0 Å². The Bertz CT molecular complexity index is 2760. The summed E-state index contributed by atoms with van der Waals surface area (Å²) in [5.41, 5.74) is 19.5. The first-order chi connectivity index (χ1) is 33.3. The summed E-state index contributed by atoms with van der Waals surface area (Å²) < 4.78 is -1.11. The molecule has 4 aliphatic rings. The van der Waals surface area contributed by atoms with Crippen molar-refractivity contribution in [3.05, 3.63) is 165 Å². The van der Waals surface area contributed by atoms with Gasteiger partial charge in [-0.15, -0.1) is 23.2 Å². The summed E-state index contributed by atoms with van der Waals surface area (Å²) in [6.45, 7) is 44.8. The minimum absolute atomic E-state index is 0. The summed E-state index contributed by atoms with van der Waals surface area (Å²) in [6, 6.07) is 44.2. The SMILES string of the molecule is C.C[SiH](C)CCC1=Cc2ccccc2C1(Cl)[Si](C)(CC(C)(C)C)C1(Cl)C=C(C[Si](C)(C)C)c2ccccc21.C[SiH](C)CCC1=Cc2ccccc2C1[Si](C)(CC(C)(C)C)C1C=C(C[Si](C)(C)C)c2ccccc21.O.O.[Zr]. The fraction of sp³-hybridized carbons (Fsp3) is 0.508. The van der Waals surface area contributed by atoms with Crippen LogP contribution in [0.1, 0.15) is 117 Å². The second kappa shape index (κ2) is 25.8. The maximum absolute atomic E-state index is 8.28. The minimum Gasteiger partial charge on any atom is -0.412 e. The molecule has 4 aliphatic carbocycles. The Morgan fingerprint density at radius 1 is 0.553 bits per heavy atom. The first-order valence-corrected chi connectivity index (χ1v) is 47.9. The van der Waals surface area contributed by atoms with Crippen molar-refractivity contribution in [1.82, 2.24) is 0 Å². The van der Waals surface area contributed by atoms with Crippen molar-refractivity contribution in [2.45, 2.75) is 197 Å². The molecule has 6 unspecified atom stereocenters. The molecule has 2 nitrogen and oxygen atoms in total. The Morgan fingerprint density at radius 3 is 1.58 bits per heavy atom. The molecule has 6 atom stereocenters. The summed E-state index contributed by atoms with van der Waals surface area (Å²) in [5, 5.41) is 0. The third-order valence-electron chi connectivity index (χ3n) is 16.3. The van der Waals surface area contributed by atoms with E-state index < -0.39 is 58.9 Å². The number of fused-ring (bicyclic) bond motifs is 4. The Hall–Kier alpha value is -1.48. The van der Waals surface area contributed by atoms with Gasteiger partial charge in [-0.05, 0) is 109 Å². The molecule has 76 heavy (non-hydrogen) atoms. The van der Waals surface area contributed by atoms with E-state index >= 15 is 0 Å². The topological polar surface area (TPSA) is 63.0 Å². The van der Waals surface area contributed by atoms with Gasteiger partial charge in [-0.2, -0.15) is 0 Å². The van der Waals surface area contributed by atoms with E-state index in [0.29, 0.717) is 16.5 Å². The zero-order chi connectivity index (χ0) is 53.0. The molecule has 0 aliphatic heterocycles. The predicted octanol–water partition coefficient (Wildman–Crippen LogP) is 19.2. The first kappa shape index (κ1) is 68.8. The van der Waals surface area contributed by atoms with Crippen molar-refractivity contribution < 1.29 is 37.2 Å². The van der Waals surface area contributed by atoms with Crippen LogP contribution in [0.25, 0.3) is 23.3 Å². The molecule has 4 N–H and O–H groups in total. The van der Waals surface area contributed by atoms with E-state index in [-0.39, 0.29) is 50.0 Å². The number of hydrogen-bond donors (Lipinski definition) is 0. The van der Waals surface area contributed by atoms with Crippen LogP contribution in [0.5, 0.6) is 0 Å². The van der Waals surface area contributed by atoms with Gasteiger partial charge in [0.05, 0.1) is 17.1 Å². The van der Waals surface area contributed by atoms with Crippen molar-refractivity contribution in [2.24, 2.45) is 10.8 Å². The van der Waals surface area contributed by atoms with Gasteiger partial charge >= 0.3 is 0 Å². The third-order valence-corrected chi connectivity index (χ3v) is 37.0. The van der Waals surface area contributed by atoms with Gasteiger partial charge in [0, 0.05) is 65.5 Å². The van der Waals surface area contributed by atoms with Crippen LogP contribution < -0.4 is 0 Å². The molecule has 4 aromatic rings. The molecule has 8 rings (SSSR count). The number of halogens is 2. The number of rotatable bonds is 16. The third kappa shape index (κ3) is 14.6. The van der Waals surface area contributed by atoms with Crippen LogP contribution in [0, 0.1) is 10.8 Å². The predicted molar refractivity (Wildman–Crippen MR) is 357 cm³/mol. The zero-order valence-electron chi connectivity index (χ0n) is 49.8. The molecule has 11 heteroatoms. The van der Waals surface area contributed by atoms with E-state index in [0.717, 1.165) is 18.5 Å². The van der Waals surface area contributed by atoms with E-state index in [1.165, 1.54) is 69.6 Å². The molecule has 0 fully saturated rings. The normalized spacial score (nSPS) is 22.0. The summed E-state index contributed by atoms with van der Waals surface area (Å²) in [5.74, 6) is 0. The quantitative estimate of drug-likeness (QED) is 0.0793. The molecule has 4 aromatic carbocycles. The van der Waals surface area contributed by atoms with E-state index in [2.05, 4.69) is 241 Å². The van der Waals surface area contributed by atoms with Gasteiger partial charge in [0.15, 0.2) is 0 Å². The summed E-state index contributed by atoms with van der Waals surface area (Å²) in [6.07, 6.45) is 12.7. The number of hydrogen-bond acceptors (Lipinski definition) is 0.